The second kappa shape index (κ2) is 5.78. The van der Waals surface area contributed by atoms with Gasteiger partial charge in [0, 0.05) is 34.4 Å². The van der Waals surface area contributed by atoms with E-state index in [0.717, 1.165) is 32.1 Å². The second-order valence-electron chi connectivity index (χ2n) is 5.09. The first kappa shape index (κ1) is 13.8. The van der Waals surface area contributed by atoms with Crippen molar-refractivity contribution in [2.24, 2.45) is 0 Å². The Balaban J connectivity index is 1.77. The first-order valence-electron chi connectivity index (χ1n) is 7.15. The van der Waals surface area contributed by atoms with Crippen molar-refractivity contribution in [1.82, 2.24) is 15.0 Å². The lowest BCUT2D eigenvalue weighted by Gasteiger charge is -2.03. The Labute approximate surface area is 137 Å². The van der Waals surface area contributed by atoms with Crippen LogP contribution in [-0.2, 0) is 0 Å². The number of fused-ring (bicyclic) bond motifs is 1. The Kier molecular flexibility index (Phi) is 3.48. The maximum Gasteiger partial charge on any atom is 0.138 e. The van der Waals surface area contributed by atoms with E-state index < -0.39 is 0 Å². The van der Waals surface area contributed by atoms with Gasteiger partial charge >= 0.3 is 0 Å². The molecule has 5 heteroatoms. The number of H-pyrrole nitrogens is 1. The molecule has 0 fully saturated rings. The number of pyridine rings is 2. The van der Waals surface area contributed by atoms with Crippen LogP contribution in [-0.4, -0.2) is 20.1 Å². The van der Waals surface area contributed by atoms with Crippen molar-refractivity contribution in [3.8, 4) is 16.9 Å². The van der Waals surface area contributed by atoms with Crippen molar-refractivity contribution in [3.05, 3.63) is 67.1 Å². The van der Waals surface area contributed by atoms with E-state index in [4.69, 9.17) is 0 Å². The summed E-state index contributed by atoms with van der Waals surface area (Å²) in [7, 11) is 0. The first-order chi connectivity index (χ1) is 11.3. The third-order valence-electron chi connectivity index (χ3n) is 3.52. The molecule has 0 aliphatic heterocycles. The number of phenolic OH excluding ortho intramolecular Hbond substituents is 1. The molecule has 0 saturated carbocycles. The predicted molar refractivity (Wildman–Crippen MR) is 91.6 cm³/mol. The van der Waals surface area contributed by atoms with Gasteiger partial charge in [0.2, 0.25) is 0 Å². The van der Waals surface area contributed by atoms with Gasteiger partial charge in [-0.05, 0) is 35.9 Å². The van der Waals surface area contributed by atoms with Gasteiger partial charge in [0.05, 0.1) is 0 Å². The van der Waals surface area contributed by atoms with E-state index in [9.17, 15) is 5.11 Å². The Hall–Kier alpha value is -2.79. The third kappa shape index (κ3) is 2.78. The molecule has 4 rings (SSSR count). The number of aromatic amines is 1. The van der Waals surface area contributed by atoms with Crippen LogP contribution in [0.3, 0.4) is 0 Å². The van der Waals surface area contributed by atoms with Crippen molar-refractivity contribution >= 4 is 22.8 Å². The van der Waals surface area contributed by atoms with Crippen molar-refractivity contribution in [3.63, 3.8) is 0 Å². The van der Waals surface area contributed by atoms with Crippen molar-refractivity contribution in [2.45, 2.75) is 9.92 Å². The largest absolute Gasteiger partial charge is 0.508 e. The van der Waals surface area contributed by atoms with E-state index >= 15 is 0 Å². The van der Waals surface area contributed by atoms with Crippen molar-refractivity contribution in [1.29, 1.82) is 0 Å². The molecule has 4 aromatic rings. The highest BCUT2D eigenvalue weighted by atomic mass is 32.2. The molecule has 3 aromatic heterocycles. The molecule has 4 nitrogen and oxygen atoms in total. The molecule has 0 amide bonds. The molecule has 0 atom stereocenters. The molecule has 112 valence electrons. The number of hydrogen-bond acceptors (Lipinski definition) is 4. The minimum Gasteiger partial charge on any atom is -0.508 e. The Morgan fingerprint density at radius 3 is 2.74 bits per heavy atom. The van der Waals surface area contributed by atoms with Crippen LogP contribution in [0.2, 0.25) is 0 Å². The van der Waals surface area contributed by atoms with Crippen LogP contribution in [0.1, 0.15) is 0 Å². The number of aromatic nitrogens is 3. The monoisotopic (exact) mass is 319 g/mol. The zero-order valence-corrected chi connectivity index (χ0v) is 12.9. The summed E-state index contributed by atoms with van der Waals surface area (Å²) in [5, 5.41) is 11.6. The molecule has 3 heterocycles. The lowest BCUT2D eigenvalue weighted by Crippen LogP contribution is -1.82. The number of hydrogen-bond donors (Lipinski definition) is 2. The lowest BCUT2D eigenvalue weighted by molar-refractivity contribution is 0.475. The summed E-state index contributed by atoms with van der Waals surface area (Å²) >= 11 is 1.60. The smallest absolute Gasteiger partial charge is 0.138 e. The highest BCUT2D eigenvalue weighted by Crippen LogP contribution is 2.34. The summed E-state index contributed by atoms with van der Waals surface area (Å²) in [6.45, 7) is 0. The molecular weight excluding hydrogens is 306 g/mol. The zero-order valence-electron chi connectivity index (χ0n) is 12.1. The minimum atomic E-state index is 0.250. The molecule has 0 saturated heterocycles. The Morgan fingerprint density at radius 1 is 0.957 bits per heavy atom. The second-order valence-corrected chi connectivity index (χ2v) is 6.16. The van der Waals surface area contributed by atoms with E-state index in [1.807, 2.05) is 42.7 Å². The van der Waals surface area contributed by atoms with E-state index in [1.165, 1.54) is 0 Å². The molecule has 1 aromatic carbocycles. The van der Waals surface area contributed by atoms with E-state index in [-0.39, 0.29) is 5.75 Å². The number of phenols is 1. The van der Waals surface area contributed by atoms with E-state index in [2.05, 4.69) is 21.0 Å². The van der Waals surface area contributed by atoms with Crippen LogP contribution >= 0.6 is 11.8 Å². The Morgan fingerprint density at radius 2 is 1.91 bits per heavy atom. The summed E-state index contributed by atoms with van der Waals surface area (Å²) < 4.78 is 0. The summed E-state index contributed by atoms with van der Waals surface area (Å²) in [5.41, 5.74) is 2.75. The summed E-state index contributed by atoms with van der Waals surface area (Å²) in [6.07, 6.45) is 5.54. The standard InChI is InChI=1S/C18H13N3OS/c22-14-5-3-4-12(8-14)13-9-15-16(11-21-18(15)20-10-13)23-17-6-1-2-7-19-17/h1-11,22H,(H,20,21). The number of benzene rings is 1. The summed E-state index contributed by atoms with van der Waals surface area (Å²) in [4.78, 5) is 13.1. The van der Waals surface area contributed by atoms with Gasteiger partial charge in [-0.15, -0.1) is 0 Å². The fraction of sp³-hybridized carbons (Fsp3) is 0. The van der Waals surface area contributed by atoms with Crippen molar-refractivity contribution < 1.29 is 5.11 Å². The van der Waals surface area contributed by atoms with Gasteiger partial charge in [0.15, 0.2) is 0 Å². The summed E-state index contributed by atoms with van der Waals surface area (Å²) in [5.74, 6) is 0.250. The van der Waals surface area contributed by atoms with Crippen LogP contribution in [0.25, 0.3) is 22.2 Å². The maximum atomic E-state index is 9.66. The molecular formula is C18H13N3OS. The van der Waals surface area contributed by atoms with Crippen LogP contribution in [0.15, 0.2) is 77.0 Å². The highest BCUT2D eigenvalue weighted by Gasteiger charge is 2.09. The van der Waals surface area contributed by atoms with Gasteiger partial charge < -0.3 is 10.1 Å². The van der Waals surface area contributed by atoms with Crippen LogP contribution in [0.4, 0.5) is 0 Å². The normalized spacial score (nSPS) is 11.0. The molecule has 0 bridgehead atoms. The van der Waals surface area contributed by atoms with Crippen LogP contribution in [0.5, 0.6) is 5.75 Å². The molecule has 23 heavy (non-hydrogen) atoms. The van der Waals surface area contributed by atoms with Crippen molar-refractivity contribution in [2.75, 3.05) is 0 Å². The molecule has 0 radical (unpaired) electrons. The average molecular weight is 319 g/mol. The number of aromatic hydroxyl groups is 1. The fourth-order valence-electron chi connectivity index (χ4n) is 2.43. The Bertz CT molecular complexity index is 966. The first-order valence-corrected chi connectivity index (χ1v) is 7.97. The highest BCUT2D eigenvalue weighted by molar-refractivity contribution is 7.99. The topological polar surface area (TPSA) is 61.8 Å². The maximum absolute atomic E-state index is 9.66. The number of nitrogens with one attached hydrogen (secondary N) is 1. The van der Waals surface area contributed by atoms with Gasteiger partial charge in [-0.25, -0.2) is 9.97 Å². The number of nitrogens with zero attached hydrogens (tertiary/aromatic N) is 2. The quantitative estimate of drug-likeness (QED) is 0.584. The fourth-order valence-corrected chi connectivity index (χ4v) is 3.30. The van der Waals surface area contributed by atoms with Gasteiger partial charge in [-0.3, -0.25) is 0 Å². The molecule has 0 aliphatic rings. The average Bonchev–Trinajstić information content (AvgIpc) is 2.98. The minimum absolute atomic E-state index is 0.250. The molecule has 0 unspecified atom stereocenters. The van der Waals surface area contributed by atoms with Crippen LogP contribution in [0, 0.1) is 0 Å². The van der Waals surface area contributed by atoms with E-state index in [0.29, 0.717) is 0 Å². The zero-order chi connectivity index (χ0) is 15.6. The van der Waals surface area contributed by atoms with Gasteiger partial charge in [0.25, 0.3) is 0 Å². The summed E-state index contributed by atoms with van der Waals surface area (Å²) in [6, 6.07) is 15.1. The van der Waals surface area contributed by atoms with Crippen LogP contribution < -0.4 is 0 Å². The molecule has 2 N–H and O–H groups in total. The van der Waals surface area contributed by atoms with Gasteiger partial charge in [-0.1, -0.05) is 30.0 Å². The SMILES string of the molecule is Oc1cccc(-c2cnc3[nH]cc(Sc4ccccn4)c3c2)c1. The van der Waals surface area contributed by atoms with Gasteiger partial charge in [-0.2, -0.15) is 0 Å². The van der Waals surface area contributed by atoms with E-state index in [1.54, 1.807) is 30.1 Å². The lowest BCUT2D eigenvalue weighted by atomic mass is 10.1. The molecule has 0 aliphatic carbocycles. The molecule has 0 spiro atoms. The third-order valence-corrected chi connectivity index (χ3v) is 4.53. The predicted octanol–water partition coefficient (Wildman–Crippen LogP) is 4.48. The van der Waals surface area contributed by atoms with Gasteiger partial charge in [0.1, 0.15) is 16.4 Å². The number of rotatable bonds is 3.